The molecule has 0 saturated carbocycles. The smallest absolute Gasteiger partial charge is 0.332 e. The van der Waals surface area contributed by atoms with Gasteiger partial charge in [0.2, 0.25) is 0 Å². The Morgan fingerprint density at radius 3 is 2.52 bits per heavy atom. The fraction of sp³-hybridized carbons (Fsp3) is 0.278. The van der Waals surface area contributed by atoms with Crippen LogP contribution in [0.4, 0.5) is 4.39 Å². The van der Waals surface area contributed by atoms with Crippen LogP contribution in [-0.2, 0) is 9.59 Å². The number of carbonyl (C=O) groups is 2. The van der Waals surface area contributed by atoms with E-state index in [0.717, 1.165) is 28.8 Å². The molecule has 1 aliphatic carbocycles. The molecule has 6 nitrogen and oxygen atoms in total. The van der Waals surface area contributed by atoms with Crippen LogP contribution in [0.1, 0.15) is 29.7 Å². The second-order valence-electron chi connectivity index (χ2n) is 6.41. The van der Waals surface area contributed by atoms with E-state index in [2.05, 4.69) is 9.97 Å². The van der Waals surface area contributed by atoms with Gasteiger partial charge in [-0.1, -0.05) is 0 Å². The van der Waals surface area contributed by atoms with E-state index in [9.17, 15) is 24.2 Å². The first-order valence-corrected chi connectivity index (χ1v) is 7.66. The van der Waals surface area contributed by atoms with Crippen molar-refractivity contribution in [3.8, 4) is 0 Å². The van der Waals surface area contributed by atoms with Crippen LogP contribution in [0.15, 0.2) is 35.9 Å². The van der Waals surface area contributed by atoms with Crippen molar-refractivity contribution in [1.82, 2.24) is 9.97 Å². The van der Waals surface area contributed by atoms with Gasteiger partial charge in [0.05, 0.1) is 5.52 Å². The average Bonchev–Trinajstić information content (AvgIpc) is 2.84. The van der Waals surface area contributed by atoms with E-state index >= 15 is 0 Å². The van der Waals surface area contributed by atoms with E-state index in [1.165, 1.54) is 13.1 Å². The lowest BCUT2D eigenvalue weighted by atomic mass is 9.66. The van der Waals surface area contributed by atoms with E-state index in [4.69, 9.17) is 0 Å². The zero-order valence-electron chi connectivity index (χ0n) is 13.9. The van der Waals surface area contributed by atoms with Gasteiger partial charge >= 0.3 is 11.9 Å². The van der Waals surface area contributed by atoms with Crippen LogP contribution in [0.2, 0.25) is 0 Å². The van der Waals surface area contributed by atoms with Crippen LogP contribution >= 0.6 is 0 Å². The maximum atomic E-state index is 14.6. The molecule has 3 rings (SSSR count). The summed E-state index contributed by atoms with van der Waals surface area (Å²) in [5.41, 5.74) is 0.471. The molecule has 0 radical (unpaired) electrons. The molecule has 2 aromatic rings. The molecule has 2 unspecified atom stereocenters. The van der Waals surface area contributed by atoms with Gasteiger partial charge in [-0.05, 0) is 38.5 Å². The number of allylic oxidation sites excluding steroid dienone is 2. The zero-order chi connectivity index (χ0) is 18.5. The standard InChI is InChI=1S/C18H17FN2O4/c1-8-9(2)21-15-11(8)6-20-7-12(15)14-10(16(22)23)4-5-13(19)18(14,3)17(24)25/h4-7,14,21H,1-3H3,(H,22,23)(H,24,25). The van der Waals surface area contributed by atoms with Crippen molar-refractivity contribution in [2.75, 3.05) is 0 Å². The van der Waals surface area contributed by atoms with Gasteiger partial charge in [-0.2, -0.15) is 0 Å². The van der Waals surface area contributed by atoms with Gasteiger partial charge in [0.25, 0.3) is 0 Å². The van der Waals surface area contributed by atoms with E-state index < -0.39 is 29.1 Å². The highest BCUT2D eigenvalue weighted by Gasteiger charge is 2.51. The molecule has 0 fully saturated rings. The molecule has 0 spiro atoms. The summed E-state index contributed by atoms with van der Waals surface area (Å²) in [5.74, 6) is -4.85. The highest BCUT2D eigenvalue weighted by Crippen LogP contribution is 2.51. The van der Waals surface area contributed by atoms with Crippen LogP contribution < -0.4 is 0 Å². The number of aliphatic carboxylic acids is 2. The quantitative estimate of drug-likeness (QED) is 0.793. The topological polar surface area (TPSA) is 103 Å². The molecule has 0 saturated heterocycles. The summed E-state index contributed by atoms with van der Waals surface area (Å²) in [6.07, 6.45) is 5.05. The summed E-state index contributed by atoms with van der Waals surface area (Å²) < 4.78 is 14.6. The number of carboxylic acids is 2. The van der Waals surface area contributed by atoms with Crippen molar-refractivity contribution in [2.45, 2.75) is 26.7 Å². The summed E-state index contributed by atoms with van der Waals surface area (Å²) in [5, 5.41) is 20.0. The maximum Gasteiger partial charge on any atom is 0.332 e. The zero-order valence-corrected chi connectivity index (χ0v) is 13.9. The number of hydrogen-bond donors (Lipinski definition) is 3. The second kappa shape index (κ2) is 5.54. The summed E-state index contributed by atoms with van der Waals surface area (Å²) in [6, 6.07) is 0. The van der Waals surface area contributed by atoms with E-state index in [1.54, 1.807) is 6.20 Å². The van der Waals surface area contributed by atoms with Crippen molar-refractivity contribution in [2.24, 2.45) is 5.41 Å². The van der Waals surface area contributed by atoms with Crippen LogP contribution in [0.5, 0.6) is 0 Å². The van der Waals surface area contributed by atoms with Gasteiger partial charge in [0.15, 0.2) is 0 Å². The number of H-pyrrole nitrogens is 1. The summed E-state index contributed by atoms with van der Waals surface area (Å²) in [6.45, 7) is 4.93. The number of pyridine rings is 1. The minimum absolute atomic E-state index is 0.189. The fourth-order valence-corrected chi connectivity index (χ4v) is 3.38. The summed E-state index contributed by atoms with van der Waals surface area (Å²) in [7, 11) is 0. The molecule has 25 heavy (non-hydrogen) atoms. The third-order valence-electron chi connectivity index (χ3n) is 5.05. The van der Waals surface area contributed by atoms with Crippen LogP contribution in [0.25, 0.3) is 10.9 Å². The van der Waals surface area contributed by atoms with Crippen LogP contribution in [0, 0.1) is 19.3 Å². The molecule has 3 N–H and O–H groups in total. The molecule has 130 valence electrons. The van der Waals surface area contributed by atoms with E-state index in [1.807, 2.05) is 13.8 Å². The molecule has 2 aromatic heterocycles. The minimum atomic E-state index is -2.04. The summed E-state index contributed by atoms with van der Waals surface area (Å²) >= 11 is 0. The molecule has 0 aromatic carbocycles. The Kier molecular flexibility index (Phi) is 3.74. The van der Waals surface area contributed by atoms with Gasteiger partial charge in [0, 0.05) is 40.5 Å². The molecular formula is C18H17FN2O4. The number of nitrogens with zero attached hydrogens (tertiary/aromatic N) is 1. The van der Waals surface area contributed by atoms with Gasteiger partial charge in [-0.3, -0.25) is 9.78 Å². The van der Waals surface area contributed by atoms with Crippen LogP contribution in [-0.4, -0.2) is 32.1 Å². The minimum Gasteiger partial charge on any atom is -0.480 e. The molecule has 1 aliphatic rings. The average molecular weight is 344 g/mol. The third kappa shape index (κ3) is 2.26. The predicted octanol–water partition coefficient (Wildman–Crippen LogP) is 3.23. The van der Waals surface area contributed by atoms with E-state index in [-0.39, 0.29) is 5.57 Å². The lowest BCUT2D eigenvalue weighted by Crippen LogP contribution is -2.39. The number of carboxylic acid groups (broad SMARTS) is 2. The number of fused-ring (bicyclic) bond motifs is 1. The maximum absolute atomic E-state index is 14.6. The van der Waals surface area contributed by atoms with Crippen molar-refractivity contribution in [3.63, 3.8) is 0 Å². The third-order valence-corrected chi connectivity index (χ3v) is 5.05. The molecule has 0 amide bonds. The molecule has 2 heterocycles. The highest BCUT2D eigenvalue weighted by atomic mass is 19.1. The van der Waals surface area contributed by atoms with E-state index in [0.29, 0.717) is 11.1 Å². The largest absolute Gasteiger partial charge is 0.480 e. The van der Waals surface area contributed by atoms with Gasteiger partial charge in [-0.15, -0.1) is 0 Å². The number of aromatic amines is 1. The number of hydrogen-bond acceptors (Lipinski definition) is 3. The van der Waals surface area contributed by atoms with Crippen molar-refractivity contribution >= 4 is 22.8 Å². The normalized spacial score (nSPS) is 23.3. The Labute approximate surface area is 142 Å². The van der Waals surface area contributed by atoms with Crippen molar-refractivity contribution < 1.29 is 24.2 Å². The lowest BCUT2D eigenvalue weighted by molar-refractivity contribution is -0.147. The monoisotopic (exact) mass is 344 g/mol. The SMILES string of the molecule is Cc1[nH]c2c(C3C(C(=O)O)=CC=C(F)C3(C)C(=O)O)cncc2c1C. The Hall–Kier alpha value is -2.96. The molecule has 0 aliphatic heterocycles. The first kappa shape index (κ1) is 16.9. The number of nitrogens with one attached hydrogen (secondary N) is 1. The number of rotatable bonds is 3. The Balaban J connectivity index is 2.37. The fourth-order valence-electron chi connectivity index (χ4n) is 3.38. The molecular weight excluding hydrogens is 327 g/mol. The van der Waals surface area contributed by atoms with Gasteiger partial charge in [-0.25, -0.2) is 9.18 Å². The van der Waals surface area contributed by atoms with Crippen molar-refractivity contribution in [1.29, 1.82) is 0 Å². The predicted molar refractivity (Wildman–Crippen MR) is 89.0 cm³/mol. The van der Waals surface area contributed by atoms with Crippen LogP contribution in [0.3, 0.4) is 0 Å². The Bertz CT molecular complexity index is 973. The summed E-state index contributed by atoms with van der Waals surface area (Å²) in [4.78, 5) is 30.9. The van der Waals surface area contributed by atoms with Crippen molar-refractivity contribution in [3.05, 3.63) is 52.8 Å². The molecule has 2 atom stereocenters. The molecule has 7 heteroatoms. The number of halogens is 1. The first-order valence-electron chi connectivity index (χ1n) is 7.66. The Morgan fingerprint density at radius 1 is 1.24 bits per heavy atom. The van der Waals surface area contributed by atoms with Gasteiger partial charge in [0.1, 0.15) is 11.2 Å². The lowest BCUT2D eigenvalue weighted by Gasteiger charge is -2.35. The highest BCUT2D eigenvalue weighted by molar-refractivity contribution is 5.96. The first-order chi connectivity index (χ1) is 11.7. The van der Waals surface area contributed by atoms with Gasteiger partial charge < -0.3 is 15.2 Å². The Morgan fingerprint density at radius 2 is 1.92 bits per heavy atom. The molecule has 0 bridgehead atoms. The number of aromatic nitrogens is 2. The number of aryl methyl sites for hydroxylation is 2. The second-order valence-corrected chi connectivity index (χ2v) is 6.41.